The Morgan fingerprint density at radius 2 is 1.68 bits per heavy atom. The quantitative estimate of drug-likeness (QED) is 0.589. The maximum atomic E-state index is 13.7. The van der Waals surface area contributed by atoms with Crippen molar-refractivity contribution in [1.29, 1.82) is 0 Å². The number of aromatic nitrogens is 2. The summed E-state index contributed by atoms with van der Waals surface area (Å²) in [6.45, 7) is 0. The molecule has 0 atom stereocenters. The number of nitrogens with zero attached hydrogens (tertiary/aromatic N) is 2. The lowest BCUT2D eigenvalue weighted by Crippen LogP contribution is -2.00. The molecule has 98 valence electrons. The molecule has 0 aliphatic heterocycles. The lowest BCUT2D eigenvalue weighted by Gasteiger charge is -2.07. The number of aryl methyl sites for hydroxylation is 1. The van der Waals surface area contributed by atoms with Gasteiger partial charge in [-0.05, 0) is 25.3 Å². The molecular formula is C13H8ClF3N2. The van der Waals surface area contributed by atoms with E-state index in [-0.39, 0.29) is 16.5 Å². The van der Waals surface area contributed by atoms with E-state index < -0.39 is 17.5 Å². The first kappa shape index (κ1) is 12.4. The Morgan fingerprint density at radius 1 is 0.947 bits per heavy atom. The fraction of sp³-hybridized carbons (Fsp3) is 0.231. The fourth-order valence-electron chi connectivity index (χ4n) is 2.20. The van der Waals surface area contributed by atoms with Gasteiger partial charge in [-0.25, -0.2) is 23.1 Å². The first-order valence-electron chi connectivity index (χ1n) is 5.76. The standard InChI is InChI=1S/C13H8ClF3N2/c14-12-6-2-1-3-11(6)18-13(19-12)7-4-9(16)10(17)5-8(7)15/h4-5H,1-3H2. The molecule has 0 amide bonds. The molecule has 0 unspecified atom stereocenters. The third-order valence-corrected chi connectivity index (χ3v) is 3.45. The summed E-state index contributed by atoms with van der Waals surface area (Å²) in [6.07, 6.45) is 2.43. The summed E-state index contributed by atoms with van der Waals surface area (Å²) >= 11 is 6.01. The average molecular weight is 285 g/mol. The van der Waals surface area contributed by atoms with Crippen LogP contribution in [0.4, 0.5) is 13.2 Å². The van der Waals surface area contributed by atoms with Crippen LogP contribution in [0.15, 0.2) is 12.1 Å². The van der Waals surface area contributed by atoms with Crippen LogP contribution in [0.25, 0.3) is 11.4 Å². The molecule has 3 rings (SSSR count). The lowest BCUT2D eigenvalue weighted by molar-refractivity contribution is 0.496. The minimum Gasteiger partial charge on any atom is -0.233 e. The van der Waals surface area contributed by atoms with Gasteiger partial charge in [-0.3, -0.25) is 0 Å². The number of fused-ring (bicyclic) bond motifs is 1. The van der Waals surface area contributed by atoms with Crippen molar-refractivity contribution in [3.8, 4) is 11.4 Å². The van der Waals surface area contributed by atoms with Gasteiger partial charge in [0.1, 0.15) is 11.0 Å². The molecular weight excluding hydrogens is 277 g/mol. The third kappa shape index (κ3) is 2.08. The molecule has 1 aromatic heterocycles. The molecule has 0 spiro atoms. The van der Waals surface area contributed by atoms with Gasteiger partial charge in [0.2, 0.25) is 0 Å². The van der Waals surface area contributed by atoms with Crippen molar-refractivity contribution >= 4 is 11.6 Å². The second-order valence-corrected chi connectivity index (χ2v) is 4.72. The van der Waals surface area contributed by atoms with Crippen LogP contribution in [-0.2, 0) is 12.8 Å². The minimum atomic E-state index is -1.24. The molecule has 2 aromatic rings. The van der Waals surface area contributed by atoms with Crippen LogP contribution in [0.2, 0.25) is 5.15 Å². The van der Waals surface area contributed by atoms with Crippen molar-refractivity contribution in [2.24, 2.45) is 0 Å². The molecule has 2 nitrogen and oxygen atoms in total. The van der Waals surface area contributed by atoms with Gasteiger partial charge in [0.15, 0.2) is 17.5 Å². The molecule has 0 N–H and O–H groups in total. The van der Waals surface area contributed by atoms with E-state index in [4.69, 9.17) is 11.6 Å². The predicted molar refractivity (Wildman–Crippen MR) is 64.4 cm³/mol. The largest absolute Gasteiger partial charge is 0.233 e. The van der Waals surface area contributed by atoms with E-state index in [1.807, 2.05) is 0 Å². The Bertz CT molecular complexity index is 673. The molecule has 1 heterocycles. The topological polar surface area (TPSA) is 25.8 Å². The van der Waals surface area contributed by atoms with Gasteiger partial charge in [0, 0.05) is 17.3 Å². The normalized spacial score (nSPS) is 13.7. The van der Waals surface area contributed by atoms with Gasteiger partial charge in [-0.1, -0.05) is 11.6 Å². The molecule has 0 radical (unpaired) electrons. The summed E-state index contributed by atoms with van der Waals surface area (Å²) in [5, 5.41) is 0.252. The summed E-state index contributed by atoms with van der Waals surface area (Å²) < 4.78 is 39.8. The van der Waals surface area contributed by atoms with E-state index in [1.54, 1.807) is 0 Å². The second-order valence-electron chi connectivity index (χ2n) is 4.36. The van der Waals surface area contributed by atoms with E-state index >= 15 is 0 Å². The Balaban J connectivity index is 2.18. The van der Waals surface area contributed by atoms with E-state index in [2.05, 4.69) is 9.97 Å². The fourth-order valence-corrected chi connectivity index (χ4v) is 2.48. The van der Waals surface area contributed by atoms with Crippen molar-refractivity contribution in [3.05, 3.63) is 46.0 Å². The minimum absolute atomic E-state index is 0.0120. The van der Waals surface area contributed by atoms with Gasteiger partial charge in [0.25, 0.3) is 0 Å². The highest BCUT2D eigenvalue weighted by Gasteiger charge is 2.21. The Morgan fingerprint density at radius 3 is 2.47 bits per heavy atom. The zero-order valence-corrected chi connectivity index (χ0v) is 10.4. The van der Waals surface area contributed by atoms with Gasteiger partial charge >= 0.3 is 0 Å². The summed E-state index contributed by atoms with van der Waals surface area (Å²) in [5.41, 5.74) is 1.42. The van der Waals surface area contributed by atoms with E-state index in [0.29, 0.717) is 6.07 Å². The molecule has 19 heavy (non-hydrogen) atoms. The highest BCUT2D eigenvalue weighted by molar-refractivity contribution is 6.30. The van der Waals surface area contributed by atoms with Crippen LogP contribution in [0, 0.1) is 17.5 Å². The van der Waals surface area contributed by atoms with Crippen molar-refractivity contribution in [2.45, 2.75) is 19.3 Å². The third-order valence-electron chi connectivity index (χ3n) is 3.13. The second kappa shape index (κ2) is 4.49. The molecule has 0 bridgehead atoms. The van der Waals surface area contributed by atoms with Crippen LogP contribution in [0.1, 0.15) is 17.7 Å². The van der Waals surface area contributed by atoms with E-state index in [9.17, 15) is 13.2 Å². The maximum absolute atomic E-state index is 13.7. The first-order valence-corrected chi connectivity index (χ1v) is 6.14. The summed E-state index contributed by atoms with van der Waals surface area (Å²) in [7, 11) is 0. The monoisotopic (exact) mass is 284 g/mol. The van der Waals surface area contributed by atoms with Crippen molar-refractivity contribution in [3.63, 3.8) is 0 Å². The predicted octanol–water partition coefficient (Wildman–Crippen LogP) is 3.70. The highest BCUT2D eigenvalue weighted by atomic mass is 35.5. The number of halogens is 4. The Labute approximate surface area is 112 Å². The summed E-state index contributed by atoms with van der Waals surface area (Å²) in [5.74, 6) is -3.31. The van der Waals surface area contributed by atoms with Crippen LogP contribution >= 0.6 is 11.6 Å². The number of benzene rings is 1. The van der Waals surface area contributed by atoms with Crippen LogP contribution in [0.3, 0.4) is 0 Å². The van der Waals surface area contributed by atoms with Gasteiger partial charge in [-0.15, -0.1) is 0 Å². The zero-order valence-electron chi connectivity index (χ0n) is 9.68. The number of rotatable bonds is 1. The maximum Gasteiger partial charge on any atom is 0.164 e. The Hall–Kier alpha value is -1.62. The van der Waals surface area contributed by atoms with Crippen molar-refractivity contribution in [1.82, 2.24) is 9.97 Å². The first-order chi connectivity index (χ1) is 9.06. The van der Waals surface area contributed by atoms with Crippen LogP contribution < -0.4 is 0 Å². The SMILES string of the molecule is Fc1cc(F)c(-c2nc(Cl)c3c(n2)CCC3)cc1F. The van der Waals surface area contributed by atoms with E-state index in [0.717, 1.165) is 36.6 Å². The number of hydrogen-bond acceptors (Lipinski definition) is 2. The molecule has 0 saturated carbocycles. The smallest absolute Gasteiger partial charge is 0.164 e. The molecule has 6 heteroatoms. The van der Waals surface area contributed by atoms with Gasteiger partial charge in [0.05, 0.1) is 5.56 Å². The summed E-state index contributed by atoms with van der Waals surface area (Å²) in [4.78, 5) is 8.16. The molecule has 1 aliphatic carbocycles. The van der Waals surface area contributed by atoms with Crippen LogP contribution in [0.5, 0.6) is 0 Å². The molecule has 1 aromatic carbocycles. The summed E-state index contributed by atoms with van der Waals surface area (Å²) in [6, 6.07) is 1.23. The zero-order chi connectivity index (χ0) is 13.6. The number of hydrogen-bond donors (Lipinski definition) is 0. The van der Waals surface area contributed by atoms with Crippen molar-refractivity contribution < 1.29 is 13.2 Å². The molecule has 0 saturated heterocycles. The van der Waals surface area contributed by atoms with Gasteiger partial charge < -0.3 is 0 Å². The highest BCUT2D eigenvalue weighted by Crippen LogP contribution is 2.30. The van der Waals surface area contributed by atoms with Gasteiger partial charge in [-0.2, -0.15) is 0 Å². The van der Waals surface area contributed by atoms with Crippen molar-refractivity contribution in [2.75, 3.05) is 0 Å². The molecule has 1 aliphatic rings. The van der Waals surface area contributed by atoms with E-state index in [1.165, 1.54) is 0 Å². The van der Waals surface area contributed by atoms with Crippen LogP contribution in [-0.4, -0.2) is 9.97 Å². The average Bonchev–Trinajstić information content (AvgIpc) is 2.82. The molecule has 0 fully saturated rings. The lowest BCUT2D eigenvalue weighted by atomic mass is 10.1. The Kier molecular flexibility index (Phi) is 2.93.